The number of carbonyl (C=O) groups is 1. The normalized spacial score (nSPS) is 20.2. The molecule has 2 N–H and O–H groups in total. The molecule has 0 saturated heterocycles. The Morgan fingerprint density at radius 1 is 1.38 bits per heavy atom. The molecule has 2 rings (SSSR count). The summed E-state index contributed by atoms with van der Waals surface area (Å²) in [7, 11) is 1.73. The fraction of sp³-hybridized carbons (Fsp3) is 0.588. The first-order chi connectivity index (χ1) is 11.4. The second-order valence-corrected chi connectivity index (χ2v) is 6.06. The highest BCUT2D eigenvalue weighted by atomic mass is 19.3. The Morgan fingerprint density at radius 3 is 2.71 bits per heavy atom. The third-order valence-corrected chi connectivity index (χ3v) is 4.14. The van der Waals surface area contributed by atoms with Crippen LogP contribution in [0, 0.1) is 5.92 Å². The predicted octanol–water partition coefficient (Wildman–Crippen LogP) is 2.77. The number of carbonyl (C=O) groups excluding carboxylic acids is 1. The van der Waals surface area contributed by atoms with Crippen molar-refractivity contribution in [2.24, 2.45) is 11.7 Å². The molecule has 1 aromatic carbocycles. The second kappa shape index (κ2) is 8.28. The van der Waals surface area contributed by atoms with Crippen molar-refractivity contribution < 1.29 is 23.0 Å². The Labute approximate surface area is 140 Å². The number of ether oxygens (including phenoxy) is 2. The van der Waals surface area contributed by atoms with E-state index in [0.29, 0.717) is 19.6 Å². The molecule has 0 radical (unpaired) electrons. The summed E-state index contributed by atoms with van der Waals surface area (Å²) in [5.41, 5.74) is 6.65. The first-order valence-corrected chi connectivity index (χ1v) is 8.11. The van der Waals surface area contributed by atoms with E-state index in [4.69, 9.17) is 10.5 Å². The number of hydrogen-bond donors (Lipinski definition) is 1. The lowest BCUT2D eigenvalue weighted by Gasteiger charge is -2.22. The first kappa shape index (κ1) is 18.4. The monoisotopic (exact) mass is 342 g/mol. The molecule has 0 spiro atoms. The number of halogens is 2. The maximum absolute atomic E-state index is 12.4. The van der Waals surface area contributed by atoms with Gasteiger partial charge in [-0.05, 0) is 43.9 Å². The van der Waals surface area contributed by atoms with Gasteiger partial charge in [0.15, 0.2) is 11.5 Å². The molecule has 1 amide bonds. The van der Waals surface area contributed by atoms with Crippen molar-refractivity contribution in [3.05, 3.63) is 23.8 Å². The van der Waals surface area contributed by atoms with E-state index in [9.17, 15) is 13.6 Å². The molecule has 0 aromatic heterocycles. The molecule has 2 atom stereocenters. The molecule has 0 heterocycles. The van der Waals surface area contributed by atoms with Crippen LogP contribution in [-0.4, -0.2) is 37.1 Å². The summed E-state index contributed by atoms with van der Waals surface area (Å²) in [6.45, 7) is -0.444. The van der Waals surface area contributed by atoms with Crippen molar-refractivity contribution in [1.29, 1.82) is 0 Å². The van der Waals surface area contributed by atoms with E-state index < -0.39 is 6.61 Å². The topological polar surface area (TPSA) is 64.8 Å². The first-order valence-electron chi connectivity index (χ1n) is 8.11. The number of rotatable bonds is 7. The highest BCUT2D eigenvalue weighted by molar-refractivity contribution is 5.79. The van der Waals surface area contributed by atoms with Gasteiger partial charge in [0.1, 0.15) is 0 Å². The number of nitrogens with zero attached hydrogens (tertiary/aromatic N) is 1. The molecular formula is C17H24F2N2O3. The van der Waals surface area contributed by atoms with E-state index in [0.717, 1.165) is 18.4 Å². The van der Waals surface area contributed by atoms with Gasteiger partial charge in [-0.15, -0.1) is 0 Å². The van der Waals surface area contributed by atoms with Crippen molar-refractivity contribution in [3.8, 4) is 11.5 Å². The predicted molar refractivity (Wildman–Crippen MR) is 86.0 cm³/mol. The third-order valence-electron chi connectivity index (χ3n) is 4.14. The summed E-state index contributed by atoms with van der Waals surface area (Å²) in [5.74, 6) is 0.275. The molecule has 134 valence electrons. The Morgan fingerprint density at radius 2 is 2.12 bits per heavy atom. The lowest BCUT2D eigenvalue weighted by Crippen LogP contribution is -2.32. The quantitative estimate of drug-likeness (QED) is 0.827. The zero-order chi connectivity index (χ0) is 17.7. The molecule has 0 aliphatic heterocycles. The number of benzene rings is 1. The van der Waals surface area contributed by atoms with Crippen LogP contribution in [0.1, 0.15) is 31.7 Å². The zero-order valence-electron chi connectivity index (χ0n) is 14.0. The van der Waals surface area contributed by atoms with Crippen molar-refractivity contribution in [1.82, 2.24) is 4.90 Å². The van der Waals surface area contributed by atoms with E-state index in [1.807, 2.05) is 0 Å². The fourth-order valence-electron chi connectivity index (χ4n) is 3.02. The van der Waals surface area contributed by atoms with E-state index in [1.165, 1.54) is 6.07 Å². The van der Waals surface area contributed by atoms with Gasteiger partial charge in [-0.3, -0.25) is 4.79 Å². The summed E-state index contributed by atoms with van der Waals surface area (Å²) in [5, 5.41) is 0. The molecule has 1 aromatic rings. The second-order valence-electron chi connectivity index (χ2n) is 6.06. The molecule has 24 heavy (non-hydrogen) atoms. The van der Waals surface area contributed by atoms with Crippen LogP contribution >= 0.6 is 0 Å². The van der Waals surface area contributed by atoms with Gasteiger partial charge in [-0.2, -0.15) is 8.78 Å². The van der Waals surface area contributed by atoms with Crippen LogP contribution in [0.3, 0.4) is 0 Å². The third kappa shape index (κ3) is 4.80. The highest BCUT2D eigenvalue weighted by Crippen LogP contribution is 2.31. The van der Waals surface area contributed by atoms with Gasteiger partial charge >= 0.3 is 6.61 Å². The zero-order valence-corrected chi connectivity index (χ0v) is 14.0. The number of amides is 1. The summed E-state index contributed by atoms with van der Waals surface area (Å²) in [6, 6.07) is 4.83. The molecule has 1 aliphatic rings. The van der Waals surface area contributed by atoms with Crippen LogP contribution in [-0.2, 0) is 11.3 Å². The molecule has 1 fully saturated rings. The minimum Gasteiger partial charge on any atom is -0.490 e. The average molecular weight is 342 g/mol. The standard InChI is InChI=1S/C17H24F2N2O3/c1-3-23-15-8-11(4-7-14(15)24-17(18)19)10-21(2)16(22)12-5-6-13(20)9-12/h4,7-8,12-13,17H,3,5-6,9-10,20H2,1-2H3. The maximum Gasteiger partial charge on any atom is 0.387 e. The van der Waals surface area contributed by atoms with E-state index in [-0.39, 0.29) is 29.4 Å². The minimum atomic E-state index is -2.91. The number of hydrogen-bond acceptors (Lipinski definition) is 4. The lowest BCUT2D eigenvalue weighted by molar-refractivity contribution is -0.134. The Balaban J connectivity index is 2.05. The smallest absolute Gasteiger partial charge is 0.387 e. The van der Waals surface area contributed by atoms with Crippen molar-refractivity contribution in [2.75, 3.05) is 13.7 Å². The van der Waals surface area contributed by atoms with Crippen LogP contribution in [0.25, 0.3) is 0 Å². The van der Waals surface area contributed by atoms with Gasteiger partial charge in [0, 0.05) is 25.6 Å². The van der Waals surface area contributed by atoms with Gasteiger partial charge in [0.25, 0.3) is 0 Å². The number of alkyl halides is 2. The maximum atomic E-state index is 12.4. The lowest BCUT2D eigenvalue weighted by atomic mass is 10.1. The molecular weight excluding hydrogens is 318 g/mol. The Hall–Kier alpha value is -1.89. The van der Waals surface area contributed by atoms with E-state index in [2.05, 4.69) is 4.74 Å². The largest absolute Gasteiger partial charge is 0.490 e. The van der Waals surface area contributed by atoms with Gasteiger partial charge < -0.3 is 20.1 Å². The Bertz CT molecular complexity index is 569. The molecule has 1 saturated carbocycles. The van der Waals surface area contributed by atoms with Crippen LogP contribution < -0.4 is 15.2 Å². The Kier molecular flexibility index (Phi) is 6.36. The molecule has 0 bridgehead atoms. The average Bonchev–Trinajstić information content (AvgIpc) is 2.95. The van der Waals surface area contributed by atoms with Crippen molar-refractivity contribution in [3.63, 3.8) is 0 Å². The van der Waals surface area contributed by atoms with Gasteiger partial charge in [0.2, 0.25) is 5.91 Å². The van der Waals surface area contributed by atoms with Gasteiger partial charge in [-0.25, -0.2) is 0 Å². The molecule has 5 nitrogen and oxygen atoms in total. The molecule has 7 heteroatoms. The summed E-state index contributed by atoms with van der Waals surface area (Å²) in [4.78, 5) is 14.1. The van der Waals surface area contributed by atoms with Crippen LogP contribution in [0.4, 0.5) is 8.78 Å². The molecule has 1 aliphatic carbocycles. The summed E-state index contributed by atoms with van der Waals surface area (Å²) < 4.78 is 34.6. The van der Waals surface area contributed by atoms with Crippen molar-refractivity contribution >= 4 is 5.91 Å². The highest BCUT2D eigenvalue weighted by Gasteiger charge is 2.29. The summed E-state index contributed by atoms with van der Waals surface area (Å²) >= 11 is 0. The van der Waals surface area contributed by atoms with E-state index >= 15 is 0 Å². The van der Waals surface area contributed by atoms with Crippen LogP contribution in [0.5, 0.6) is 11.5 Å². The number of nitrogens with two attached hydrogens (primary N) is 1. The van der Waals surface area contributed by atoms with Gasteiger partial charge in [-0.1, -0.05) is 6.07 Å². The molecule has 2 unspecified atom stereocenters. The van der Waals surface area contributed by atoms with Crippen LogP contribution in [0.15, 0.2) is 18.2 Å². The van der Waals surface area contributed by atoms with Crippen molar-refractivity contribution in [2.45, 2.75) is 45.4 Å². The van der Waals surface area contributed by atoms with Gasteiger partial charge in [0.05, 0.1) is 6.61 Å². The van der Waals surface area contributed by atoms with E-state index in [1.54, 1.807) is 31.0 Å². The minimum absolute atomic E-state index is 0.00801. The SMILES string of the molecule is CCOc1cc(CN(C)C(=O)C2CCC(N)C2)ccc1OC(F)F. The fourth-order valence-corrected chi connectivity index (χ4v) is 3.02. The van der Waals surface area contributed by atoms with Crippen LogP contribution in [0.2, 0.25) is 0 Å². The summed E-state index contributed by atoms with van der Waals surface area (Å²) in [6.07, 6.45) is 2.41.